The van der Waals surface area contributed by atoms with Crippen LogP contribution in [0.5, 0.6) is 0 Å². The van der Waals surface area contributed by atoms with E-state index in [1.54, 1.807) is 12.3 Å². The minimum Gasteiger partial charge on any atom is -0.292 e. The van der Waals surface area contributed by atoms with Gasteiger partial charge >= 0.3 is 0 Å². The molecule has 1 aliphatic heterocycles. The maximum atomic E-state index is 14.3. The first-order valence-corrected chi connectivity index (χ1v) is 9.48. The van der Waals surface area contributed by atoms with Gasteiger partial charge in [-0.05, 0) is 42.5 Å². The monoisotopic (exact) mass is 336 g/mol. The summed E-state index contributed by atoms with van der Waals surface area (Å²) in [6.07, 6.45) is 11.5. The van der Waals surface area contributed by atoms with E-state index in [1.807, 2.05) is 6.08 Å². The van der Waals surface area contributed by atoms with E-state index < -0.39 is 20.7 Å². The van der Waals surface area contributed by atoms with Crippen LogP contribution < -0.4 is 5.14 Å². The Morgan fingerprint density at radius 2 is 1.96 bits per heavy atom. The van der Waals surface area contributed by atoms with E-state index in [-0.39, 0.29) is 5.41 Å². The van der Waals surface area contributed by atoms with Gasteiger partial charge < -0.3 is 0 Å². The van der Waals surface area contributed by atoms with Gasteiger partial charge in [-0.2, -0.15) is 0 Å². The van der Waals surface area contributed by atoms with Gasteiger partial charge in [0.1, 0.15) is 10.7 Å². The molecule has 0 spiro atoms. The number of halogens is 1. The molecule has 1 aliphatic carbocycles. The fraction of sp³-hybridized carbons (Fsp3) is 0.471. The fourth-order valence-electron chi connectivity index (χ4n) is 3.86. The topological polar surface area (TPSA) is 72.5 Å². The predicted octanol–water partition coefficient (Wildman–Crippen LogP) is 2.93. The molecule has 2 aliphatic rings. The summed E-state index contributed by atoms with van der Waals surface area (Å²) in [6, 6.07) is 4.28. The quantitative estimate of drug-likeness (QED) is 0.922. The molecule has 0 aromatic heterocycles. The third kappa shape index (κ3) is 3.10. The Balaban J connectivity index is 2.06. The van der Waals surface area contributed by atoms with Gasteiger partial charge in [0.05, 0.1) is 6.54 Å². The van der Waals surface area contributed by atoms with E-state index in [9.17, 15) is 12.8 Å². The summed E-state index contributed by atoms with van der Waals surface area (Å²) in [7, 11) is -4.05. The maximum absolute atomic E-state index is 14.3. The van der Waals surface area contributed by atoms with Gasteiger partial charge in [-0.25, -0.2) is 17.9 Å². The Bertz CT molecular complexity index is 752. The number of rotatable bonds is 3. The molecular weight excluding hydrogens is 315 g/mol. The lowest BCUT2D eigenvalue weighted by Gasteiger charge is -2.41. The highest BCUT2D eigenvalue weighted by Gasteiger charge is 2.39. The average Bonchev–Trinajstić information content (AvgIpc) is 2.55. The number of sulfonamides is 1. The van der Waals surface area contributed by atoms with E-state index in [1.165, 1.54) is 31.4 Å². The molecule has 1 fully saturated rings. The molecule has 124 valence electrons. The molecular formula is C17H21FN2O2S. The van der Waals surface area contributed by atoms with Crippen LogP contribution in [0.2, 0.25) is 0 Å². The molecule has 23 heavy (non-hydrogen) atoms. The van der Waals surface area contributed by atoms with Crippen molar-refractivity contribution in [2.75, 3.05) is 6.54 Å². The first-order valence-electron chi connectivity index (χ1n) is 7.94. The molecule has 0 bridgehead atoms. The van der Waals surface area contributed by atoms with Crippen molar-refractivity contribution in [3.8, 4) is 0 Å². The van der Waals surface area contributed by atoms with Crippen molar-refractivity contribution >= 4 is 16.2 Å². The Hall–Kier alpha value is -1.53. The van der Waals surface area contributed by atoms with E-state index >= 15 is 0 Å². The number of dihydropyridines is 1. The summed E-state index contributed by atoms with van der Waals surface area (Å²) in [4.78, 5) is 3.95. The second-order valence-corrected chi connectivity index (χ2v) is 7.94. The van der Waals surface area contributed by atoms with Crippen LogP contribution in [-0.4, -0.2) is 21.2 Å². The number of allylic oxidation sites excluding steroid dienone is 1. The molecule has 1 atom stereocenters. The summed E-state index contributed by atoms with van der Waals surface area (Å²) in [5.41, 5.74) is 0.426. The smallest absolute Gasteiger partial charge is 0.240 e. The lowest BCUT2D eigenvalue weighted by Crippen LogP contribution is -2.39. The van der Waals surface area contributed by atoms with Crippen LogP contribution in [0, 0.1) is 11.7 Å². The van der Waals surface area contributed by atoms with Gasteiger partial charge in [0.2, 0.25) is 10.0 Å². The molecule has 6 heteroatoms. The third-order valence-electron chi connectivity index (χ3n) is 5.05. The first kappa shape index (κ1) is 16.3. The minimum absolute atomic E-state index is 0.354. The van der Waals surface area contributed by atoms with Gasteiger partial charge in [-0.15, -0.1) is 0 Å². The van der Waals surface area contributed by atoms with Crippen LogP contribution in [0.15, 0.2) is 40.2 Å². The number of primary sulfonamides is 1. The Morgan fingerprint density at radius 3 is 2.52 bits per heavy atom. The predicted molar refractivity (Wildman–Crippen MR) is 88.5 cm³/mol. The largest absolute Gasteiger partial charge is 0.292 e. The number of nitrogens with two attached hydrogens (primary N) is 1. The standard InChI is InChI=1S/C17H21FN2O2S/c18-15-11-14(7-8-16(15)23(19,21)22)17(9-4-10-20-12-17)13-5-2-1-3-6-13/h4,7-11,13H,1-3,5-6,12H2,(H2,19,21,22). The van der Waals surface area contributed by atoms with Crippen LogP contribution in [0.25, 0.3) is 0 Å². The van der Waals surface area contributed by atoms with Gasteiger partial charge in [-0.3, -0.25) is 4.99 Å². The zero-order chi connectivity index (χ0) is 16.5. The van der Waals surface area contributed by atoms with Crippen molar-refractivity contribution in [3.05, 3.63) is 41.7 Å². The van der Waals surface area contributed by atoms with E-state index in [0.717, 1.165) is 18.4 Å². The summed E-state index contributed by atoms with van der Waals surface area (Å²) >= 11 is 0. The molecule has 0 saturated heterocycles. The number of nitrogens with zero attached hydrogens (tertiary/aromatic N) is 1. The first-order chi connectivity index (χ1) is 10.9. The van der Waals surface area contributed by atoms with Gasteiger partial charge in [0.15, 0.2) is 0 Å². The lowest BCUT2D eigenvalue weighted by atomic mass is 9.64. The highest BCUT2D eigenvalue weighted by molar-refractivity contribution is 7.89. The van der Waals surface area contributed by atoms with Crippen LogP contribution in [0.3, 0.4) is 0 Å². The molecule has 1 saturated carbocycles. The zero-order valence-electron chi connectivity index (χ0n) is 12.9. The highest BCUT2D eigenvalue weighted by atomic mass is 32.2. The van der Waals surface area contributed by atoms with Crippen molar-refractivity contribution in [3.63, 3.8) is 0 Å². The van der Waals surface area contributed by atoms with Crippen molar-refractivity contribution in [2.45, 2.75) is 42.4 Å². The lowest BCUT2D eigenvalue weighted by molar-refractivity contribution is 0.249. The molecule has 1 unspecified atom stereocenters. The Labute approximate surface area is 136 Å². The summed E-state index contributed by atoms with van der Waals surface area (Å²) < 4.78 is 37.2. The van der Waals surface area contributed by atoms with Crippen molar-refractivity contribution < 1.29 is 12.8 Å². The number of aliphatic imine (C=N–C) groups is 1. The third-order valence-corrected chi connectivity index (χ3v) is 5.99. The number of hydrogen-bond acceptors (Lipinski definition) is 3. The molecule has 3 rings (SSSR count). The Kier molecular flexibility index (Phi) is 4.38. The maximum Gasteiger partial charge on any atom is 0.240 e. The van der Waals surface area contributed by atoms with Crippen LogP contribution in [-0.2, 0) is 15.4 Å². The normalized spacial score (nSPS) is 25.7. The summed E-state index contributed by atoms with van der Waals surface area (Å²) in [5, 5.41) is 5.06. The summed E-state index contributed by atoms with van der Waals surface area (Å²) in [5.74, 6) is -0.396. The second kappa shape index (κ2) is 6.17. The van der Waals surface area contributed by atoms with E-state index in [0.29, 0.717) is 12.5 Å². The molecule has 0 amide bonds. The number of hydrogen-bond donors (Lipinski definition) is 1. The molecule has 2 N–H and O–H groups in total. The van der Waals surface area contributed by atoms with Crippen molar-refractivity contribution in [2.24, 2.45) is 16.0 Å². The average molecular weight is 336 g/mol. The molecule has 1 aromatic carbocycles. The fourth-order valence-corrected chi connectivity index (χ4v) is 4.45. The van der Waals surface area contributed by atoms with Crippen molar-refractivity contribution in [1.82, 2.24) is 0 Å². The molecule has 0 radical (unpaired) electrons. The zero-order valence-corrected chi connectivity index (χ0v) is 13.7. The molecule has 4 nitrogen and oxygen atoms in total. The van der Waals surface area contributed by atoms with Crippen LogP contribution in [0.4, 0.5) is 4.39 Å². The summed E-state index contributed by atoms with van der Waals surface area (Å²) in [6.45, 7) is 0.572. The van der Waals surface area contributed by atoms with Crippen LogP contribution in [0.1, 0.15) is 37.7 Å². The van der Waals surface area contributed by atoms with Gasteiger partial charge in [0.25, 0.3) is 0 Å². The molecule has 1 heterocycles. The van der Waals surface area contributed by atoms with E-state index in [2.05, 4.69) is 11.1 Å². The molecule has 1 aromatic rings. The van der Waals surface area contributed by atoms with Gasteiger partial charge in [0, 0.05) is 11.6 Å². The number of benzene rings is 1. The van der Waals surface area contributed by atoms with Crippen LogP contribution >= 0.6 is 0 Å². The highest BCUT2D eigenvalue weighted by Crippen LogP contribution is 2.44. The van der Waals surface area contributed by atoms with Crippen molar-refractivity contribution in [1.29, 1.82) is 0 Å². The Morgan fingerprint density at radius 1 is 1.22 bits per heavy atom. The van der Waals surface area contributed by atoms with Gasteiger partial charge in [-0.1, -0.05) is 31.4 Å². The second-order valence-electron chi connectivity index (χ2n) is 6.41. The minimum atomic E-state index is -4.05. The SMILES string of the molecule is NS(=O)(=O)c1ccc(C2(C3CCCCC3)C=CC=NC2)cc1F. The van der Waals surface area contributed by atoms with E-state index in [4.69, 9.17) is 5.14 Å².